The van der Waals surface area contributed by atoms with Crippen molar-refractivity contribution >= 4 is 11.6 Å². The number of hydrogen-bond acceptors (Lipinski definition) is 3. The van der Waals surface area contributed by atoms with E-state index >= 15 is 0 Å². The fourth-order valence-corrected chi connectivity index (χ4v) is 2.71. The molecule has 0 radical (unpaired) electrons. The molecule has 128 valence electrons. The molecule has 1 aliphatic rings. The normalized spacial score (nSPS) is 23.7. The number of halogens is 3. The van der Waals surface area contributed by atoms with E-state index in [4.69, 9.17) is 5.73 Å². The van der Waals surface area contributed by atoms with Gasteiger partial charge in [0.15, 0.2) is 0 Å². The molecule has 2 atom stereocenters. The summed E-state index contributed by atoms with van der Waals surface area (Å²) in [6.45, 7) is 5.98. The molecule has 1 saturated heterocycles. The summed E-state index contributed by atoms with van der Waals surface area (Å²) in [5.74, 6) is -0.231. The SMILES string of the molecule is CC(C(=O)Nc1ccc(C(F)(F)F)cc1)N1CCC(C)(CN)C1. The number of nitrogens with one attached hydrogen (secondary N) is 1. The van der Waals surface area contributed by atoms with Crippen LogP contribution in [-0.2, 0) is 11.0 Å². The van der Waals surface area contributed by atoms with Crippen molar-refractivity contribution < 1.29 is 18.0 Å². The summed E-state index contributed by atoms with van der Waals surface area (Å²) in [6.07, 6.45) is -3.44. The van der Waals surface area contributed by atoms with Gasteiger partial charge in [-0.2, -0.15) is 13.2 Å². The van der Waals surface area contributed by atoms with E-state index < -0.39 is 11.7 Å². The standard InChI is InChI=1S/C16H22F3N3O/c1-11(22-8-7-15(2,9-20)10-22)14(23)21-13-5-3-12(4-6-13)16(17,18)19/h3-6,11H,7-10,20H2,1-2H3,(H,21,23). The highest BCUT2D eigenvalue weighted by molar-refractivity contribution is 5.94. The van der Waals surface area contributed by atoms with Gasteiger partial charge in [-0.1, -0.05) is 6.92 Å². The van der Waals surface area contributed by atoms with E-state index in [-0.39, 0.29) is 17.4 Å². The lowest BCUT2D eigenvalue weighted by molar-refractivity contribution is -0.137. The van der Waals surface area contributed by atoms with Crippen LogP contribution in [0.2, 0.25) is 0 Å². The van der Waals surface area contributed by atoms with Gasteiger partial charge in [-0.3, -0.25) is 9.69 Å². The van der Waals surface area contributed by atoms with Gasteiger partial charge in [-0.05, 0) is 56.1 Å². The van der Waals surface area contributed by atoms with Gasteiger partial charge < -0.3 is 11.1 Å². The van der Waals surface area contributed by atoms with Gasteiger partial charge in [0.2, 0.25) is 5.91 Å². The molecular formula is C16H22F3N3O. The van der Waals surface area contributed by atoms with Gasteiger partial charge in [0.05, 0.1) is 11.6 Å². The number of hydrogen-bond donors (Lipinski definition) is 2. The average molecular weight is 329 g/mol. The zero-order chi connectivity index (χ0) is 17.3. The summed E-state index contributed by atoms with van der Waals surface area (Å²) in [4.78, 5) is 14.3. The van der Waals surface area contributed by atoms with Crippen LogP contribution in [0, 0.1) is 5.41 Å². The predicted molar refractivity (Wildman–Crippen MR) is 82.9 cm³/mol. The third-order valence-electron chi connectivity index (χ3n) is 4.49. The molecule has 7 heteroatoms. The molecule has 1 aromatic carbocycles. The molecule has 2 rings (SSSR count). The average Bonchev–Trinajstić information content (AvgIpc) is 2.89. The number of amides is 1. The van der Waals surface area contributed by atoms with Crippen molar-refractivity contribution in [2.45, 2.75) is 32.5 Å². The second-order valence-electron chi connectivity index (χ2n) is 6.48. The molecule has 0 spiro atoms. The first kappa shape index (κ1) is 17.7. The van der Waals surface area contributed by atoms with E-state index in [0.717, 1.165) is 31.6 Å². The molecule has 1 aromatic rings. The number of alkyl halides is 3. The van der Waals surface area contributed by atoms with Gasteiger partial charge in [0, 0.05) is 12.2 Å². The highest BCUT2D eigenvalue weighted by Crippen LogP contribution is 2.31. The highest BCUT2D eigenvalue weighted by atomic mass is 19.4. The number of nitrogens with zero attached hydrogens (tertiary/aromatic N) is 1. The lowest BCUT2D eigenvalue weighted by Crippen LogP contribution is -2.42. The Labute approximate surface area is 133 Å². The monoisotopic (exact) mass is 329 g/mol. The number of rotatable bonds is 4. The molecule has 23 heavy (non-hydrogen) atoms. The van der Waals surface area contributed by atoms with Crippen LogP contribution in [0.4, 0.5) is 18.9 Å². The molecular weight excluding hydrogens is 307 g/mol. The van der Waals surface area contributed by atoms with Crippen molar-refractivity contribution in [1.82, 2.24) is 4.90 Å². The molecule has 1 fully saturated rings. The van der Waals surface area contributed by atoms with Crippen LogP contribution in [-0.4, -0.2) is 36.5 Å². The molecule has 3 N–H and O–H groups in total. The summed E-state index contributed by atoms with van der Waals surface area (Å²) in [7, 11) is 0. The second-order valence-corrected chi connectivity index (χ2v) is 6.48. The van der Waals surface area contributed by atoms with Gasteiger partial charge >= 0.3 is 6.18 Å². The van der Waals surface area contributed by atoms with Gasteiger partial charge in [0.25, 0.3) is 0 Å². The van der Waals surface area contributed by atoms with Crippen LogP contribution in [0.3, 0.4) is 0 Å². The lowest BCUT2D eigenvalue weighted by Gasteiger charge is -2.26. The Morgan fingerprint density at radius 3 is 2.48 bits per heavy atom. The lowest BCUT2D eigenvalue weighted by atomic mass is 9.90. The van der Waals surface area contributed by atoms with E-state index in [1.165, 1.54) is 12.1 Å². The van der Waals surface area contributed by atoms with Crippen LogP contribution >= 0.6 is 0 Å². The topological polar surface area (TPSA) is 58.4 Å². The Balaban J connectivity index is 1.96. The van der Waals surface area contributed by atoms with Crippen LogP contribution < -0.4 is 11.1 Å². The fraction of sp³-hybridized carbons (Fsp3) is 0.562. The molecule has 0 aliphatic carbocycles. The molecule has 1 amide bonds. The van der Waals surface area contributed by atoms with Crippen molar-refractivity contribution in [3.63, 3.8) is 0 Å². The van der Waals surface area contributed by atoms with Crippen LogP contribution in [0.1, 0.15) is 25.8 Å². The summed E-state index contributed by atoms with van der Waals surface area (Å²) < 4.78 is 37.6. The maximum Gasteiger partial charge on any atom is 0.416 e. The molecule has 1 heterocycles. The molecule has 0 saturated carbocycles. The second kappa shape index (κ2) is 6.49. The Bertz CT molecular complexity index is 559. The van der Waals surface area contributed by atoms with Crippen LogP contribution in [0.5, 0.6) is 0 Å². The maximum absolute atomic E-state index is 12.5. The number of likely N-dealkylation sites (tertiary alicyclic amines) is 1. The largest absolute Gasteiger partial charge is 0.416 e. The van der Waals surface area contributed by atoms with Crippen molar-refractivity contribution in [3.8, 4) is 0 Å². The van der Waals surface area contributed by atoms with Gasteiger partial charge in [0.1, 0.15) is 0 Å². The van der Waals surface area contributed by atoms with Crippen LogP contribution in [0.25, 0.3) is 0 Å². The Morgan fingerprint density at radius 2 is 2.00 bits per heavy atom. The predicted octanol–water partition coefficient (Wildman–Crippen LogP) is 2.70. The number of carbonyl (C=O) groups excluding carboxylic acids is 1. The third kappa shape index (κ3) is 4.23. The van der Waals surface area contributed by atoms with Crippen molar-refractivity contribution in [2.24, 2.45) is 11.1 Å². The third-order valence-corrected chi connectivity index (χ3v) is 4.49. The molecule has 0 aromatic heterocycles. The zero-order valence-corrected chi connectivity index (χ0v) is 13.3. The molecule has 0 bridgehead atoms. The minimum absolute atomic E-state index is 0.0168. The van der Waals surface area contributed by atoms with E-state index in [2.05, 4.69) is 12.2 Å². The summed E-state index contributed by atoms with van der Waals surface area (Å²) in [6, 6.07) is 4.09. The van der Waals surface area contributed by atoms with Crippen molar-refractivity contribution in [1.29, 1.82) is 0 Å². The van der Waals surface area contributed by atoms with Gasteiger partial charge in [-0.15, -0.1) is 0 Å². The smallest absolute Gasteiger partial charge is 0.330 e. The molecule has 4 nitrogen and oxygen atoms in total. The van der Waals surface area contributed by atoms with Gasteiger partial charge in [-0.25, -0.2) is 0 Å². The quantitative estimate of drug-likeness (QED) is 0.893. The first-order valence-electron chi connectivity index (χ1n) is 7.57. The fourth-order valence-electron chi connectivity index (χ4n) is 2.71. The number of nitrogens with two attached hydrogens (primary N) is 1. The Morgan fingerprint density at radius 1 is 1.39 bits per heavy atom. The van der Waals surface area contributed by atoms with Crippen molar-refractivity contribution in [3.05, 3.63) is 29.8 Å². The zero-order valence-electron chi connectivity index (χ0n) is 13.3. The van der Waals surface area contributed by atoms with E-state index in [9.17, 15) is 18.0 Å². The van der Waals surface area contributed by atoms with Crippen molar-refractivity contribution in [2.75, 3.05) is 25.0 Å². The molecule has 2 unspecified atom stereocenters. The maximum atomic E-state index is 12.5. The number of carbonyl (C=O) groups is 1. The summed E-state index contributed by atoms with van der Waals surface area (Å²) in [5.41, 5.74) is 5.40. The minimum Gasteiger partial charge on any atom is -0.330 e. The first-order valence-corrected chi connectivity index (χ1v) is 7.57. The van der Waals surface area contributed by atoms with E-state index in [0.29, 0.717) is 12.2 Å². The first-order chi connectivity index (χ1) is 10.6. The van der Waals surface area contributed by atoms with Crippen LogP contribution in [0.15, 0.2) is 24.3 Å². The Kier molecular flexibility index (Phi) is 5.01. The van der Waals surface area contributed by atoms with E-state index in [1.54, 1.807) is 6.92 Å². The number of benzene rings is 1. The Hall–Kier alpha value is -1.60. The number of anilines is 1. The minimum atomic E-state index is -4.38. The highest BCUT2D eigenvalue weighted by Gasteiger charge is 2.36. The summed E-state index contributed by atoms with van der Waals surface area (Å²) in [5, 5.41) is 2.66. The van der Waals surface area contributed by atoms with E-state index in [1.807, 2.05) is 4.90 Å². The summed E-state index contributed by atoms with van der Waals surface area (Å²) >= 11 is 0. The molecule has 1 aliphatic heterocycles.